The molecule has 0 heterocycles. The van der Waals surface area contributed by atoms with Gasteiger partial charge in [-0.2, -0.15) is 0 Å². The van der Waals surface area contributed by atoms with Gasteiger partial charge in [-0.15, -0.1) is 0 Å². The molecule has 0 amide bonds. The van der Waals surface area contributed by atoms with Gasteiger partial charge in [-0.3, -0.25) is 0 Å². The molecule has 138 valence electrons. The van der Waals surface area contributed by atoms with E-state index in [9.17, 15) is 0 Å². The van der Waals surface area contributed by atoms with Crippen LogP contribution >= 0.6 is 31.9 Å². The summed E-state index contributed by atoms with van der Waals surface area (Å²) in [7, 11) is 0. The van der Waals surface area contributed by atoms with Crippen LogP contribution in [0.5, 0.6) is 5.75 Å². The summed E-state index contributed by atoms with van der Waals surface area (Å²) in [6.45, 7) is 8.69. The van der Waals surface area contributed by atoms with Crippen molar-refractivity contribution in [3.63, 3.8) is 0 Å². The summed E-state index contributed by atoms with van der Waals surface area (Å²) in [6.07, 6.45) is 8.34. The molecule has 4 fully saturated rings. The van der Waals surface area contributed by atoms with Gasteiger partial charge in [0.05, 0.1) is 11.1 Å². The molecular formula is C21H29Br2NO. The van der Waals surface area contributed by atoms with E-state index in [1.165, 1.54) is 44.1 Å². The first-order valence-electron chi connectivity index (χ1n) is 9.60. The second-order valence-electron chi connectivity index (χ2n) is 9.57. The number of rotatable bonds is 5. The Morgan fingerprint density at radius 3 is 2.36 bits per heavy atom. The van der Waals surface area contributed by atoms with Crippen molar-refractivity contribution in [2.75, 3.05) is 6.61 Å². The smallest absolute Gasteiger partial charge is 0.138 e. The predicted octanol–water partition coefficient (Wildman–Crippen LogP) is 6.45. The van der Waals surface area contributed by atoms with Gasteiger partial charge >= 0.3 is 0 Å². The highest BCUT2D eigenvalue weighted by Crippen LogP contribution is 2.66. The highest BCUT2D eigenvalue weighted by molar-refractivity contribution is 9.11. The molecule has 5 rings (SSSR count). The minimum Gasteiger partial charge on any atom is -0.492 e. The molecule has 4 heteroatoms. The predicted molar refractivity (Wildman–Crippen MR) is 110 cm³/mol. The molecule has 0 aromatic heterocycles. The van der Waals surface area contributed by atoms with Crippen LogP contribution in [0, 0.1) is 16.7 Å². The minimum atomic E-state index is 0.321. The van der Waals surface area contributed by atoms with Gasteiger partial charge in [-0.1, -0.05) is 29.8 Å². The van der Waals surface area contributed by atoms with E-state index in [-0.39, 0.29) is 0 Å². The third-order valence-electron chi connectivity index (χ3n) is 6.65. The van der Waals surface area contributed by atoms with Crippen molar-refractivity contribution in [3.8, 4) is 5.75 Å². The van der Waals surface area contributed by atoms with E-state index in [1.807, 2.05) is 6.92 Å². The lowest BCUT2D eigenvalue weighted by molar-refractivity contribution is -0.118. The Kier molecular flexibility index (Phi) is 4.57. The van der Waals surface area contributed by atoms with Gasteiger partial charge in [0.15, 0.2) is 0 Å². The third kappa shape index (κ3) is 3.43. The van der Waals surface area contributed by atoms with E-state index in [0.29, 0.717) is 23.0 Å². The molecule has 2 unspecified atom stereocenters. The largest absolute Gasteiger partial charge is 0.492 e. The molecule has 4 aliphatic carbocycles. The topological polar surface area (TPSA) is 21.3 Å². The van der Waals surface area contributed by atoms with Crippen LogP contribution in [-0.4, -0.2) is 12.1 Å². The van der Waals surface area contributed by atoms with Gasteiger partial charge in [-0.05, 0) is 90.3 Å². The van der Waals surface area contributed by atoms with Crippen LogP contribution in [0.1, 0.15) is 64.9 Å². The molecule has 1 N–H and O–H groups in total. The van der Waals surface area contributed by atoms with Gasteiger partial charge in [0.1, 0.15) is 5.75 Å². The molecule has 2 nitrogen and oxygen atoms in total. The molecule has 25 heavy (non-hydrogen) atoms. The first kappa shape index (κ1) is 18.3. The zero-order valence-electron chi connectivity index (χ0n) is 15.6. The Hall–Kier alpha value is -0.0600. The number of hydrogen-bond donors (Lipinski definition) is 1. The molecule has 4 atom stereocenters. The molecule has 1 aromatic carbocycles. The lowest BCUT2D eigenvalue weighted by Crippen LogP contribution is -2.63. The normalized spacial score (nSPS) is 39.0. The maximum absolute atomic E-state index is 5.93. The van der Waals surface area contributed by atoms with Crippen LogP contribution in [-0.2, 0) is 6.54 Å². The minimum absolute atomic E-state index is 0.321. The average molecular weight is 471 g/mol. The fraction of sp³-hybridized carbons (Fsp3) is 0.714. The lowest BCUT2D eigenvalue weighted by Gasteiger charge is -2.65. The summed E-state index contributed by atoms with van der Waals surface area (Å²) in [6, 6.07) is 4.27. The van der Waals surface area contributed by atoms with Crippen molar-refractivity contribution >= 4 is 31.9 Å². The maximum Gasteiger partial charge on any atom is 0.138 e. The Morgan fingerprint density at radius 1 is 1.08 bits per heavy atom. The van der Waals surface area contributed by atoms with Gasteiger partial charge in [0.2, 0.25) is 0 Å². The van der Waals surface area contributed by atoms with Gasteiger partial charge in [0, 0.05) is 22.1 Å². The number of nitrogens with one attached hydrogen (secondary N) is 1. The van der Waals surface area contributed by atoms with Crippen molar-refractivity contribution in [1.82, 2.24) is 5.32 Å². The van der Waals surface area contributed by atoms with E-state index in [1.54, 1.807) is 0 Å². The summed E-state index contributed by atoms with van der Waals surface area (Å²) in [5.41, 5.74) is 2.65. The highest BCUT2D eigenvalue weighted by Gasteiger charge is 2.59. The Balaban J connectivity index is 1.58. The fourth-order valence-corrected chi connectivity index (χ4v) is 8.41. The van der Waals surface area contributed by atoms with Crippen LogP contribution in [0.2, 0.25) is 0 Å². The monoisotopic (exact) mass is 469 g/mol. The summed E-state index contributed by atoms with van der Waals surface area (Å²) in [4.78, 5) is 0. The van der Waals surface area contributed by atoms with E-state index in [4.69, 9.17) is 4.74 Å². The Labute approximate surface area is 168 Å². The molecule has 1 aromatic rings. The van der Waals surface area contributed by atoms with E-state index in [0.717, 1.165) is 27.2 Å². The van der Waals surface area contributed by atoms with Gasteiger partial charge < -0.3 is 10.1 Å². The van der Waals surface area contributed by atoms with E-state index >= 15 is 0 Å². The average Bonchev–Trinajstić information content (AvgIpc) is 2.44. The van der Waals surface area contributed by atoms with Crippen LogP contribution in [0.4, 0.5) is 0 Å². The second kappa shape index (κ2) is 6.24. The maximum atomic E-state index is 5.93. The lowest BCUT2D eigenvalue weighted by atomic mass is 9.43. The van der Waals surface area contributed by atoms with Crippen molar-refractivity contribution in [2.24, 2.45) is 16.7 Å². The zero-order valence-corrected chi connectivity index (χ0v) is 18.7. The molecule has 0 aliphatic heterocycles. The second-order valence-corrected chi connectivity index (χ2v) is 11.3. The Bertz CT molecular complexity index is 671. The third-order valence-corrected chi connectivity index (χ3v) is 7.70. The van der Waals surface area contributed by atoms with Gasteiger partial charge in [0.25, 0.3) is 0 Å². The van der Waals surface area contributed by atoms with Crippen molar-refractivity contribution < 1.29 is 4.74 Å². The molecule has 4 aliphatic rings. The van der Waals surface area contributed by atoms with Crippen LogP contribution in [0.15, 0.2) is 21.1 Å². The van der Waals surface area contributed by atoms with Crippen molar-refractivity contribution in [3.05, 3.63) is 26.6 Å². The standard InChI is InChI=1S/C21H29Br2NO/c1-4-25-18-15(5-16(22)6-17(18)23)10-24-21-9-14-7-19(2,12-21)11-20(3,8-14)13-21/h5-6,14,24H,4,7-13H2,1-3H3/t14?,19-,20+,21?. The summed E-state index contributed by atoms with van der Waals surface area (Å²) in [5, 5.41) is 4.03. The molecular weight excluding hydrogens is 442 g/mol. The summed E-state index contributed by atoms with van der Waals surface area (Å²) < 4.78 is 8.06. The van der Waals surface area contributed by atoms with Crippen LogP contribution < -0.4 is 10.1 Å². The quantitative estimate of drug-likeness (QED) is 0.533. The van der Waals surface area contributed by atoms with Gasteiger partial charge in [-0.25, -0.2) is 0 Å². The fourth-order valence-electron chi connectivity index (χ4n) is 6.98. The summed E-state index contributed by atoms with van der Waals surface area (Å²) in [5.74, 6) is 1.90. The van der Waals surface area contributed by atoms with Crippen molar-refractivity contribution in [2.45, 2.75) is 71.4 Å². The SMILES string of the molecule is CCOc1c(Br)cc(Br)cc1CNC12CC3C[C@@](C)(C1)C[C@](C)(C3)C2. The molecule has 0 spiro atoms. The number of ether oxygens (including phenoxy) is 1. The highest BCUT2D eigenvalue weighted by atomic mass is 79.9. The number of hydrogen-bond acceptors (Lipinski definition) is 2. The zero-order chi connectivity index (χ0) is 17.9. The molecule has 4 saturated carbocycles. The molecule has 4 bridgehead atoms. The molecule has 0 radical (unpaired) electrons. The van der Waals surface area contributed by atoms with E-state index in [2.05, 4.69) is 63.2 Å². The van der Waals surface area contributed by atoms with Crippen LogP contribution in [0.25, 0.3) is 0 Å². The first-order chi connectivity index (χ1) is 11.7. The van der Waals surface area contributed by atoms with Crippen molar-refractivity contribution in [1.29, 1.82) is 0 Å². The number of benzene rings is 1. The number of halogens is 2. The first-order valence-corrected chi connectivity index (χ1v) is 11.2. The summed E-state index contributed by atoms with van der Waals surface area (Å²) >= 11 is 7.30. The molecule has 0 saturated heterocycles. The van der Waals surface area contributed by atoms with Crippen LogP contribution in [0.3, 0.4) is 0 Å². The van der Waals surface area contributed by atoms with E-state index < -0.39 is 0 Å². The Morgan fingerprint density at radius 2 is 1.76 bits per heavy atom.